The maximum absolute atomic E-state index is 3.57. The van der Waals surface area contributed by atoms with Gasteiger partial charge in [-0.3, -0.25) is 0 Å². The Kier molecular flexibility index (Phi) is 5.65. The van der Waals surface area contributed by atoms with Crippen molar-refractivity contribution in [3.05, 3.63) is 29.3 Å². The Labute approximate surface area is 130 Å². The highest BCUT2D eigenvalue weighted by Gasteiger charge is 2.23. The zero-order valence-electron chi connectivity index (χ0n) is 14.3. The summed E-state index contributed by atoms with van der Waals surface area (Å²) in [6.07, 6.45) is 2.60. The summed E-state index contributed by atoms with van der Waals surface area (Å²) in [7, 11) is 4.40. The Morgan fingerprint density at radius 2 is 2.10 bits per heavy atom. The number of piperidine rings is 1. The molecule has 1 aromatic carbocycles. The standard InChI is InChI=1S/C18H31N3/c1-14(2)19-12-16-11-15(3)8-9-18(16)21-10-6-7-17(13-21)20(4)5/h8-9,11,14,17,19H,6-7,10,12-13H2,1-5H3. The summed E-state index contributed by atoms with van der Waals surface area (Å²) in [4.78, 5) is 4.94. The molecule has 1 atom stereocenters. The van der Waals surface area contributed by atoms with Gasteiger partial charge in [0.25, 0.3) is 0 Å². The predicted molar refractivity (Wildman–Crippen MR) is 92.1 cm³/mol. The van der Waals surface area contributed by atoms with Crippen molar-refractivity contribution in [1.82, 2.24) is 10.2 Å². The third-order valence-electron chi connectivity index (χ3n) is 4.40. The maximum Gasteiger partial charge on any atom is 0.0412 e. The normalized spacial score (nSPS) is 19.6. The van der Waals surface area contributed by atoms with Gasteiger partial charge in [-0.1, -0.05) is 31.5 Å². The highest BCUT2D eigenvalue weighted by molar-refractivity contribution is 5.55. The minimum atomic E-state index is 0.522. The van der Waals surface area contributed by atoms with Crippen molar-refractivity contribution in [3.8, 4) is 0 Å². The van der Waals surface area contributed by atoms with Crippen LogP contribution in [0.2, 0.25) is 0 Å². The molecular weight excluding hydrogens is 258 g/mol. The van der Waals surface area contributed by atoms with Crippen molar-refractivity contribution in [2.24, 2.45) is 0 Å². The van der Waals surface area contributed by atoms with Gasteiger partial charge < -0.3 is 15.1 Å². The monoisotopic (exact) mass is 289 g/mol. The van der Waals surface area contributed by atoms with Gasteiger partial charge in [0.1, 0.15) is 0 Å². The lowest BCUT2D eigenvalue weighted by atomic mass is 10.0. The van der Waals surface area contributed by atoms with Crippen molar-refractivity contribution >= 4 is 5.69 Å². The van der Waals surface area contributed by atoms with E-state index in [1.165, 1.54) is 36.2 Å². The van der Waals surface area contributed by atoms with Gasteiger partial charge in [-0.05, 0) is 45.5 Å². The van der Waals surface area contributed by atoms with Gasteiger partial charge in [0.2, 0.25) is 0 Å². The lowest BCUT2D eigenvalue weighted by Crippen LogP contribution is -2.45. The molecule has 0 aliphatic carbocycles. The molecule has 118 valence electrons. The van der Waals surface area contributed by atoms with E-state index < -0.39 is 0 Å². The van der Waals surface area contributed by atoms with Crippen molar-refractivity contribution in [2.45, 2.75) is 52.2 Å². The summed E-state index contributed by atoms with van der Waals surface area (Å²) in [6.45, 7) is 9.88. The lowest BCUT2D eigenvalue weighted by molar-refractivity contribution is 0.258. The second-order valence-electron chi connectivity index (χ2n) is 6.87. The third-order valence-corrected chi connectivity index (χ3v) is 4.40. The SMILES string of the molecule is Cc1ccc(N2CCCC(N(C)C)C2)c(CNC(C)C)c1. The Hall–Kier alpha value is -1.06. The van der Waals surface area contributed by atoms with Gasteiger partial charge in [0, 0.05) is 37.4 Å². The van der Waals surface area contributed by atoms with Crippen LogP contribution in [0.1, 0.15) is 37.8 Å². The largest absolute Gasteiger partial charge is 0.370 e. The number of hydrogen-bond acceptors (Lipinski definition) is 3. The Balaban J connectivity index is 2.17. The van der Waals surface area contributed by atoms with E-state index in [1.54, 1.807) is 0 Å². The second kappa shape index (κ2) is 7.28. The van der Waals surface area contributed by atoms with Crippen LogP contribution in [0.4, 0.5) is 5.69 Å². The minimum absolute atomic E-state index is 0.522. The smallest absolute Gasteiger partial charge is 0.0412 e. The molecule has 1 aliphatic heterocycles. The lowest BCUT2D eigenvalue weighted by Gasteiger charge is -2.38. The van der Waals surface area contributed by atoms with E-state index in [9.17, 15) is 0 Å². The van der Waals surface area contributed by atoms with Crippen molar-refractivity contribution < 1.29 is 0 Å². The highest BCUT2D eigenvalue weighted by atomic mass is 15.2. The van der Waals surface area contributed by atoms with Gasteiger partial charge in [-0.2, -0.15) is 0 Å². The van der Waals surface area contributed by atoms with Crippen LogP contribution in [0.3, 0.4) is 0 Å². The van der Waals surface area contributed by atoms with Gasteiger partial charge >= 0.3 is 0 Å². The molecule has 2 rings (SSSR count). The molecule has 0 spiro atoms. The van der Waals surface area contributed by atoms with Gasteiger partial charge in [-0.15, -0.1) is 0 Å². The molecule has 0 saturated carbocycles. The number of anilines is 1. The summed E-state index contributed by atoms with van der Waals surface area (Å²) < 4.78 is 0. The molecular formula is C18H31N3. The van der Waals surface area contributed by atoms with Gasteiger partial charge in [0.15, 0.2) is 0 Å². The van der Waals surface area contributed by atoms with Crippen molar-refractivity contribution in [3.63, 3.8) is 0 Å². The van der Waals surface area contributed by atoms with E-state index in [4.69, 9.17) is 0 Å². The van der Waals surface area contributed by atoms with Crippen molar-refractivity contribution in [1.29, 1.82) is 0 Å². The first-order valence-corrected chi connectivity index (χ1v) is 8.21. The fourth-order valence-corrected chi connectivity index (χ4v) is 3.07. The topological polar surface area (TPSA) is 18.5 Å². The van der Waals surface area contributed by atoms with E-state index >= 15 is 0 Å². The van der Waals surface area contributed by atoms with Gasteiger partial charge in [-0.25, -0.2) is 0 Å². The Bertz CT molecular complexity index is 454. The first-order valence-electron chi connectivity index (χ1n) is 8.21. The minimum Gasteiger partial charge on any atom is -0.370 e. The molecule has 3 nitrogen and oxygen atoms in total. The number of nitrogens with zero attached hydrogens (tertiary/aromatic N) is 2. The van der Waals surface area contributed by atoms with Crippen LogP contribution in [0, 0.1) is 6.92 Å². The van der Waals surface area contributed by atoms with Crippen LogP contribution in [0.15, 0.2) is 18.2 Å². The number of benzene rings is 1. The molecule has 3 heteroatoms. The van der Waals surface area contributed by atoms with Crippen LogP contribution in [-0.2, 0) is 6.54 Å². The quantitative estimate of drug-likeness (QED) is 0.899. The number of likely N-dealkylation sites (N-methyl/N-ethyl adjacent to an activating group) is 1. The van der Waals surface area contributed by atoms with Crippen LogP contribution in [0.5, 0.6) is 0 Å². The van der Waals surface area contributed by atoms with E-state index in [0.717, 1.165) is 13.1 Å². The molecule has 1 N–H and O–H groups in total. The zero-order chi connectivity index (χ0) is 15.4. The number of aryl methyl sites for hydroxylation is 1. The maximum atomic E-state index is 3.57. The third kappa shape index (κ3) is 4.45. The summed E-state index contributed by atoms with van der Waals surface area (Å²) in [5.74, 6) is 0. The fraction of sp³-hybridized carbons (Fsp3) is 0.667. The molecule has 1 aromatic rings. The first-order chi connectivity index (χ1) is 9.97. The summed E-state index contributed by atoms with van der Waals surface area (Å²) in [6, 6.07) is 8.09. The van der Waals surface area contributed by atoms with E-state index in [-0.39, 0.29) is 0 Å². The molecule has 0 amide bonds. The number of hydrogen-bond donors (Lipinski definition) is 1. The second-order valence-corrected chi connectivity index (χ2v) is 6.87. The van der Waals surface area contributed by atoms with Crippen LogP contribution >= 0.6 is 0 Å². The molecule has 1 aliphatic rings. The summed E-state index contributed by atoms with van der Waals surface area (Å²) in [5, 5.41) is 3.57. The molecule has 1 saturated heterocycles. The summed E-state index contributed by atoms with van der Waals surface area (Å²) >= 11 is 0. The van der Waals surface area contributed by atoms with E-state index in [0.29, 0.717) is 12.1 Å². The molecule has 0 aromatic heterocycles. The highest BCUT2D eigenvalue weighted by Crippen LogP contribution is 2.26. The molecule has 0 bridgehead atoms. The summed E-state index contributed by atoms with van der Waals surface area (Å²) in [5.41, 5.74) is 4.20. The van der Waals surface area contributed by atoms with Crippen LogP contribution in [0.25, 0.3) is 0 Å². The van der Waals surface area contributed by atoms with Crippen molar-refractivity contribution in [2.75, 3.05) is 32.1 Å². The first kappa shape index (κ1) is 16.3. The Morgan fingerprint density at radius 3 is 2.76 bits per heavy atom. The Morgan fingerprint density at radius 1 is 1.33 bits per heavy atom. The fourth-order valence-electron chi connectivity index (χ4n) is 3.07. The molecule has 1 unspecified atom stereocenters. The van der Waals surface area contributed by atoms with E-state index in [1.807, 2.05) is 0 Å². The van der Waals surface area contributed by atoms with Gasteiger partial charge in [0.05, 0.1) is 0 Å². The molecule has 21 heavy (non-hydrogen) atoms. The van der Waals surface area contributed by atoms with E-state index in [2.05, 4.69) is 68.2 Å². The molecule has 1 fully saturated rings. The van der Waals surface area contributed by atoms with Crippen LogP contribution < -0.4 is 10.2 Å². The van der Waals surface area contributed by atoms with Crippen LogP contribution in [-0.4, -0.2) is 44.2 Å². The zero-order valence-corrected chi connectivity index (χ0v) is 14.3. The average Bonchev–Trinajstić information content (AvgIpc) is 2.45. The molecule has 0 radical (unpaired) electrons. The predicted octanol–water partition coefficient (Wildman–Crippen LogP) is 3.02. The average molecular weight is 289 g/mol. The number of nitrogens with one attached hydrogen (secondary N) is 1. The number of rotatable bonds is 5. The molecule has 1 heterocycles.